The highest BCUT2D eigenvalue weighted by atomic mass is 35.5. The average molecular weight is 428 g/mol. The third-order valence-corrected chi connectivity index (χ3v) is 6.25. The summed E-state index contributed by atoms with van der Waals surface area (Å²) in [5, 5.41) is 3.04. The summed E-state index contributed by atoms with van der Waals surface area (Å²) in [5.41, 5.74) is 4.30. The lowest BCUT2D eigenvalue weighted by atomic mass is 9.81. The van der Waals surface area contributed by atoms with Crippen molar-refractivity contribution in [1.29, 1.82) is 0 Å². The molecule has 1 unspecified atom stereocenters. The molecule has 31 heavy (non-hydrogen) atoms. The van der Waals surface area contributed by atoms with Crippen LogP contribution >= 0.6 is 11.6 Å². The Kier molecular flexibility index (Phi) is 5.13. The highest BCUT2D eigenvalue weighted by molar-refractivity contribution is 6.30. The molecule has 1 atom stereocenters. The number of carbonyl (C=O) groups excluding carboxylic acids is 1. The Labute approximate surface area is 186 Å². The van der Waals surface area contributed by atoms with E-state index in [1.54, 1.807) is 7.11 Å². The van der Waals surface area contributed by atoms with Gasteiger partial charge in [0.1, 0.15) is 5.75 Å². The lowest BCUT2D eigenvalue weighted by Crippen LogP contribution is -2.36. The number of fused-ring (bicyclic) bond motifs is 3. The van der Waals surface area contributed by atoms with Crippen LogP contribution in [0.15, 0.2) is 84.9 Å². The van der Waals surface area contributed by atoms with Crippen molar-refractivity contribution >= 4 is 34.0 Å². The van der Waals surface area contributed by atoms with Gasteiger partial charge in [-0.05, 0) is 57.8 Å². The molecule has 0 radical (unpaired) electrons. The van der Waals surface area contributed by atoms with Crippen molar-refractivity contribution in [2.75, 3.05) is 12.0 Å². The van der Waals surface area contributed by atoms with Crippen LogP contribution in [0.25, 0.3) is 10.8 Å². The standard InChI is InChI=1S/C27H22ClNO2/c1-31-22-12-9-20(10-13-22)24-16-26(30)29(17-18-5-4-7-21(28)15-18)25-14-11-19-6-2-3-8-23(19)27(24)25/h2-15,24H,16-17H2,1H3. The van der Waals surface area contributed by atoms with Crippen molar-refractivity contribution in [2.24, 2.45) is 0 Å². The maximum absolute atomic E-state index is 13.4. The van der Waals surface area contributed by atoms with Gasteiger partial charge in [-0.1, -0.05) is 66.2 Å². The van der Waals surface area contributed by atoms with Gasteiger partial charge in [-0.15, -0.1) is 0 Å². The van der Waals surface area contributed by atoms with E-state index in [2.05, 4.69) is 48.5 Å². The molecule has 3 nitrogen and oxygen atoms in total. The summed E-state index contributed by atoms with van der Waals surface area (Å²) >= 11 is 6.19. The van der Waals surface area contributed by atoms with Gasteiger partial charge in [-0.25, -0.2) is 0 Å². The second kappa shape index (κ2) is 8.09. The number of amides is 1. The zero-order chi connectivity index (χ0) is 21.4. The quantitative estimate of drug-likeness (QED) is 0.368. The maximum Gasteiger partial charge on any atom is 0.228 e. The molecule has 4 aromatic carbocycles. The Morgan fingerprint density at radius 2 is 1.77 bits per heavy atom. The molecule has 0 N–H and O–H groups in total. The van der Waals surface area contributed by atoms with Crippen LogP contribution in [-0.4, -0.2) is 13.0 Å². The molecule has 1 aliphatic rings. The summed E-state index contributed by atoms with van der Waals surface area (Å²) in [7, 11) is 1.66. The molecule has 5 rings (SSSR count). The van der Waals surface area contributed by atoms with E-state index in [4.69, 9.17) is 16.3 Å². The van der Waals surface area contributed by atoms with Crippen LogP contribution in [0.3, 0.4) is 0 Å². The Morgan fingerprint density at radius 1 is 0.968 bits per heavy atom. The zero-order valence-corrected chi connectivity index (χ0v) is 18.0. The molecule has 0 bridgehead atoms. The lowest BCUT2D eigenvalue weighted by Gasteiger charge is -2.35. The smallest absolute Gasteiger partial charge is 0.228 e. The fraction of sp³-hybridized carbons (Fsp3) is 0.148. The normalized spacial score (nSPS) is 15.7. The highest BCUT2D eigenvalue weighted by Gasteiger charge is 2.33. The van der Waals surface area contributed by atoms with Gasteiger partial charge in [0.2, 0.25) is 5.91 Å². The van der Waals surface area contributed by atoms with Gasteiger partial charge in [0, 0.05) is 23.0 Å². The fourth-order valence-electron chi connectivity index (χ4n) is 4.52. The van der Waals surface area contributed by atoms with Crippen molar-refractivity contribution in [3.05, 3.63) is 107 Å². The lowest BCUT2D eigenvalue weighted by molar-refractivity contribution is -0.119. The Morgan fingerprint density at radius 3 is 2.55 bits per heavy atom. The number of benzene rings is 4. The number of rotatable bonds is 4. The largest absolute Gasteiger partial charge is 0.497 e. The van der Waals surface area contributed by atoms with E-state index in [0.717, 1.165) is 22.6 Å². The van der Waals surface area contributed by atoms with Gasteiger partial charge in [0.25, 0.3) is 0 Å². The molecule has 4 aromatic rings. The van der Waals surface area contributed by atoms with Crippen molar-refractivity contribution in [2.45, 2.75) is 18.9 Å². The van der Waals surface area contributed by atoms with Crippen LogP contribution in [0.4, 0.5) is 5.69 Å². The Bertz CT molecular complexity index is 1270. The van der Waals surface area contributed by atoms with Gasteiger partial charge in [-0.2, -0.15) is 0 Å². The molecule has 154 valence electrons. The Balaban J connectivity index is 1.66. The van der Waals surface area contributed by atoms with Crippen LogP contribution in [-0.2, 0) is 11.3 Å². The molecule has 1 heterocycles. The first-order chi connectivity index (χ1) is 15.1. The molecule has 1 aliphatic heterocycles. The second-order valence-corrected chi connectivity index (χ2v) is 8.30. The third-order valence-electron chi connectivity index (χ3n) is 6.01. The molecule has 0 saturated carbocycles. The van der Waals surface area contributed by atoms with E-state index in [1.165, 1.54) is 16.3 Å². The van der Waals surface area contributed by atoms with Crippen molar-refractivity contribution in [1.82, 2.24) is 0 Å². The number of hydrogen-bond acceptors (Lipinski definition) is 2. The summed E-state index contributed by atoms with van der Waals surface area (Å²) < 4.78 is 5.32. The van der Waals surface area contributed by atoms with E-state index in [0.29, 0.717) is 18.0 Å². The van der Waals surface area contributed by atoms with Gasteiger partial charge in [0.05, 0.1) is 13.7 Å². The highest BCUT2D eigenvalue weighted by Crippen LogP contribution is 2.44. The number of hydrogen-bond donors (Lipinski definition) is 0. The van der Waals surface area contributed by atoms with Crippen molar-refractivity contribution in [3.63, 3.8) is 0 Å². The number of ether oxygens (including phenoxy) is 1. The van der Waals surface area contributed by atoms with Gasteiger partial charge in [-0.3, -0.25) is 4.79 Å². The first kappa shape index (κ1) is 19.7. The van der Waals surface area contributed by atoms with Crippen LogP contribution < -0.4 is 9.64 Å². The third kappa shape index (κ3) is 3.66. The summed E-state index contributed by atoms with van der Waals surface area (Å²) in [4.78, 5) is 15.3. The maximum atomic E-state index is 13.4. The average Bonchev–Trinajstić information content (AvgIpc) is 2.80. The van der Waals surface area contributed by atoms with E-state index >= 15 is 0 Å². The number of halogens is 1. The van der Waals surface area contributed by atoms with Gasteiger partial charge >= 0.3 is 0 Å². The predicted molar refractivity (Wildman–Crippen MR) is 126 cm³/mol. The number of carbonyl (C=O) groups is 1. The van der Waals surface area contributed by atoms with E-state index in [9.17, 15) is 4.79 Å². The predicted octanol–water partition coefficient (Wildman–Crippen LogP) is 6.57. The van der Waals surface area contributed by atoms with Crippen molar-refractivity contribution < 1.29 is 9.53 Å². The zero-order valence-electron chi connectivity index (χ0n) is 17.2. The van der Waals surface area contributed by atoms with Gasteiger partial charge < -0.3 is 9.64 Å². The number of methoxy groups -OCH3 is 1. The molecule has 0 fully saturated rings. The second-order valence-electron chi connectivity index (χ2n) is 7.86. The van der Waals surface area contributed by atoms with E-state index < -0.39 is 0 Å². The van der Waals surface area contributed by atoms with E-state index in [1.807, 2.05) is 41.3 Å². The first-order valence-electron chi connectivity index (χ1n) is 10.3. The minimum absolute atomic E-state index is 0.00452. The molecule has 0 spiro atoms. The topological polar surface area (TPSA) is 29.5 Å². The monoisotopic (exact) mass is 427 g/mol. The summed E-state index contributed by atoms with van der Waals surface area (Å²) in [6, 6.07) is 28.3. The van der Waals surface area contributed by atoms with Crippen LogP contribution in [0.5, 0.6) is 5.75 Å². The molecule has 4 heteroatoms. The number of anilines is 1. The van der Waals surface area contributed by atoms with Crippen LogP contribution in [0.1, 0.15) is 29.0 Å². The summed E-state index contributed by atoms with van der Waals surface area (Å²) in [5.74, 6) is 0.922. The molecule has 0 saturated heterocycles. The minimum Gasteiger partial charge on any atom is -0.497 e. The fourth-order valence-corrected chi connectivity index (χ4v) is 4.73. The molecular weight excluding hydrogens is 406 g/mol. The molecule has 1 amide bonds. The Hall–Kier alpha value is -3.30. The molecule has 0 aromatic heterocycles. The summed E-state index contributed by atoms with van der Waals surface area (Å²) in [6.45, 7) is 0.500. The molecule has 0 aliphatic carbocycles. The minimum atomic E-state index is -0.00452. The SMILES string of the molecule is COc1ccc(C2CC(=O)N(Cc3cccc(Cl)c3)c3ccc4ccccc4c32)cc1. The van der Waals surface area contributed by atoms with Crippen LogP contribution in [0, 0.1) is 0 Å². The first-order valence-corrected chi connectivity index (χ1v) is 10.7. The van der Waals surface area contributed by atoms with Crippen LogP contribution in [0.2, 0.25) is 5.02 Å². The van der Waals surface area contributed by atoms with Gasteiger partial charge in [0.15, 0.2) is 0 Å². The summed E-state index contributed by atoms with van der Waals surface area (Å²) in [6.07, 6.45) is 0.425. The number of nitrogens with zero attached hydrogens (tertiary/aromatic N) is 1. The molecular formula is C27H22ClNO2. The van der Waals surface area contributed by atoms with E-state index in [-0.39, 0.29) is 11.8 Å². The van der Waals surface area contributed by atoms with Crippen molar-refractivity contribution in [3.8, 4) is 5.75 Å².